The predicted molar refractivity (Wildman–Crippen MR) is 74.8 cm³/mol. The Bertz CT molecular complexity index is 198. The van der Waals surface area contributed by atoms with Crippen LogP contribution in [0.2, 0.25) is 0 Å². The first-order valence-corrected chi connectivity index (χ1v) is 7.45. The Hall–Kier alpha value is -0.480. The fourth-order valence-corrected chi connectivity index (χ4v) is 2.19. The molecule has 0 radical (unpaired) electrons. The molecule has 0 spiro atoms. The molecule has 1 amide bonds. The van der Waals surface area contributed by atoms with Crippen molar-refractivity contribution in [3.63, 3.8) is 0 Å². The molecule has 0 unspecified atom stereocenters. The van der Waals surface area contributed by atoms with Gasteiger partial charge in [0.25, 0.3) is 5.91 Å². The van der Waals surface area contributed by atoms with Crippen molar-refractivity contribution in [1.29, 1.82) is 0 Å². The first kappa shape index (κ1) is 16.5. The number of unbranched alkanes of at least 4 members (excludes halogenated alkanes) is 7. The summed E-state index contributed by atoms with van der Waals surface area (Å²) in [4.78, 5) is 10.8. The van der Waals surface area contributed by atoms with Crippen LogP contribution >= 0.6 is 11.9 Å². The molecule has 17 heavy (non-hydrogen) atoms. The van der Waals surface area contributed by atoms with Crippen LogP contribution in [0, 0.1) is 0 Å². The minimum absolute atomic E-state index is 0.112. The number of aliphatic hydroxyl groups excluding tert-OH is 1. The lowest BCUT2D eigenvalue weighted by Crippen LogP contribution is -2.12. The zero-order valence-corrected chi connectivity index (χ0v) is 11.4. The Morgan fingerprint density at radius 2 is 1.59 bits per heavy atom. The molecule has 0 aromatic rings. The molecule has 0 heterocycles. The average Bonchev–Trinajstić information content (AvgIpc) is 2.35. The molecular weight excluding hydrogens is 234 g/mol. The van der Waals surface area contributed by atoms with Crippen molar-refractivity contribution < 1.29 is 9.90 Å². The zero-order chi connectivity index (χ0) is 12.8. The van der Waals surface area contributed by atoms with Crippen molar-refractivity contribution in [1.82, 2.24) is 4.72 Å². The summed E-state index contributed by atoms with van der Waals surface area (Å²) in [5.74, 6) is 0.864. The number of nitrogens with one attached hydrogen (secondary N) is 1. The number of amides is 1. The molecule has 0 atom stereocenters. The summed E-state index contributed by atoms with van der Waals surface area (Å²) >= 11 is 1.46. The third-order valence-corrected chi connectivity index (χ3v) is 3.35. The highest BCUT2D eigenvalue weighted by Gasteiger charge is 1.95. The van der Waals surface area contributed by atoms with Crippen LogP contribution in [0.5, 0.6) is 0 Å². The van der Waals surface area contributed by atoms with Crippen molar-refractivity contribution in [3.05, 3.63) is 12.7 Å². The van der Waals surface area contributed by atoms with Gasteiger partial charge in [-0.2, -0.15) is 0 Å². The molecule has 0 aromatic heterocycles. The van der Waals surface area contributed by atoms with E-state index < -0.39 is 0 Å². The smallest absolute Gasteiger partial charge is 0.253 e. The summed E-state index contributed by atoms with van der Waals surface area (Å²) in [7, 11) is 0. The minimum atomic E-state index is -0.112. The third kappa shape index (κ3) is 13.5. The Morgan fingerprint density at radius 1 is 1.06 bits per heavy atom. The highest BCUT2D eigenvalue weighted by atomic mass is 32.2. The van der Waals surface area contributed by atoms with Gasteiger partial charge in [-0.1, -0.05) is 57.1 Å². The van der Waals surface area contributed by atoms with Crippen LogP contribution < -0.4 is 4.72 Å². The zero-order valence-electron chi connectivity index (χ0n) is 10.6. The van der Waals surface area contributed by atoms with Crippen LogP contribution in [0.3, 0.4) is 0 Å². The summed E-state index contributed by atoms with van der Waals surface area (Å²) in [6.07, 6.45) is 10.9. The van der Waals surface area contributed by atoms with Gasteiger partial charge in [0.1, 0.15) is 0 Å². The van der Waals surface area contributed by atoms with Crippen LogP contribution in [0.25, 0.3) is 0 Å². The van der Waals surface area contributed by atoms with Gasteiger partial charge >= 0.3 is 0 Å². The number of aliphatic hydroxyl groups is 1. The highest BCUT2D eigenvalue weighted by molar-refractivity contribution is 7.97. The quantitative estimate of drug-likeness (QED) is 0.322. The van der Waals surface area contributed by atoms with E-state index in [0.29, 0.717) is 6.61 Å². The van der Waals surface area contributed by atoms with Gasteiger partial charge < -0.3 is 5.11 Å². The molecule has 0 rings (SSSR count). The molecule has 0 fully saturated rings. The third-order valence-electron chi connectivity index (χ3n) is 2.51. The molecule has 0 aliphatic rings. The second kappa shape index (κ2) is 13.6. The van der Waals surface area contributed by atoms with E-state index in [1.54, 1.807) is 0 Å². The fourth-order valence-electron chi connectivity index (χ4n) is 1.51. The number of carbonyl (C=O) groups is 1. The SMILES string of the molecule is C=CC(=O)NSCCCCCCCCCCO. The summed E-state index contributed by atoms with van der Waals surface area (Å²) in [5, 5.41) is 8.61. The fraction of sp³-hybridized carbons (Fsp3) is 0.769. The monoisotopic (exact) mass is 259 g/mol. The van der Waals surface area contributed by atoms with Crippen molar-refractivity contribution in [2.75, 3.05) is 12.4 Å². The van der Waals surface area contributed by atoms with Gasteiger partial charge in [-0.25, -0.2) is 0 Å². The molecular formula is C13H25NO2S. The second-order valence-electron chi connectivity index (χ2n) is 4.07. The molecule has 0 aliphatic carbocycles. The Morgan fingerprint density at radius 3 is 2.12 bits per heavy atom. The average molecular weight is 259 g/mol. The summed E-state index contributed by atoms with van der Waals surface area (Å²) in [5.41, 5.74) is 0. The van der Waals surface area contributed by atoms with Gasteiger partial charge in [-0.05, 0) is 18.9 Å². The minimum Gasteiger partial charge on any atom is -0.396 e. The van der Waals surface area contributed by atoms with E-state index in [0.717, 1.165) is 25.0 Å². The highest BCUT2D eigenvalue weighted by Crippen LogP contribution is 2.09. The van der Waals surface area contributed by atoms with E-state index in [4.69, 9.17) is 5.11 Å². The van der Waals surface area contributed by atoms with Crippen molar-refractivity contribution >= 4 is 17.9 Å². The molecule has 0 bridgehead atoms. The molecule has 0 aliphatic heterocycles. The number of hydrogen-bond acceptors (Lipinski definition) is 3. The maximum atomic E-state index is 10.8. The maximum Gasteiger partial charge on any atom is 0.253 e. The van der Waals surface area contributed by atoms with E-state index in [1.165, 1.54) is 50.1 Å². The molecule has 100 valence electrons. The van der Waals surface area contributed by atoms with Crippen molar-refractivity contribution in [2.45, 2.75) is 51.4 Å². The second-order valence-corrected chi connectivity index (χ2v) is 4.97. The first-order chi connectivity index (χ1) is 8.31. The van der Waals surface area contributed by atoms with E-state index >= 15 is 0 Å². The Balaban J connectivity index is 2.98. The summed E-state index contributed by atoms with van der Waals surface area (Å²) in [6, 6.07) is 0. The number of hydrogen-bond donors (Lipinski definition) is 2. The lowest BCUT2D eigenvalue weighted by atomic mass is 10.1. The number of rotatable bonds is 12. The predicted octanol–water partition coefficient (Wildman–Crippen LogP) is 3.05. The first-order valence-electron chi connectivity index (χ1n) is 6.46. The molecule has 0 saturated carbocycles. The van der Waals surface area contributed by atoms with Gasteiger partial charge in [-0.3, -0.25) is 9.52 Å². The lowest BCUT2D eigenvalue weighted by molar-refractivity contribution is -0.114. The standard InChI is InChI=1S/C13H25NO2S/c1-2-13(16)14-17-12-10-8-6-4-3-5-7-9-11-15/h2,15H,1,3-12H2,(H,14,16). The molecule has 0 saturated heterocycles. The van der Waals surface area contributed by atoms with Crippen LogP contribution in [0.15, 0.2) is 12.7 Å². The van der Waals surface area contributed by atoms with Gasteiger partial charge in [-0.15, -0.1) is 0 Å². The van der Waals surface area contributed by atoms with Gasteiger partial charge in [0.15, 0.2) is 0 Å². The van der Waals surface area contributed by atoms with Crippen LogP contribution in [-0.4, -0.2) is 23.4 Å². The molecule has 4 heteroatoms. The largest absolute Gasteiger partial charge is 0.396 e. The Kier molecular flexibility index (Phi) is 13.2. The molecule has 3 nitrogen and oxygen atoms in total. The maximum absolute atomic E-state index is 10.8. The van der Waals surface area contributed by atoms with Crippen molar-refractivity contribution in [3.8, 4) is 0 Å². The van der Waals surface area contributed by atoms with Crippen molar-refractivity contribution in [2.24, 2.45) is 0 Å². The van der Waals surface area contributed by atoms with E-state index in [9.17, 15) is 4.79 Å². The van der Waals surface area contributed by atoms with Gasteiger partial charge in [0.05, 0.1) is 0 Å². The summed E-state index contributed by atoms with van der Waals surface area (Å²) < 4.78 is 2.69. The van der Waals surface area contributed by atoms with Crippen LogP contribution in [0.1, 0.15) is 51.4 Å². The van der Waals surface area contributed by atoms with Gasteiger partial charge in [0, 0.05) is 12.4 Å². The Labute approximate surface area is 109 Å². The number of carbonyl (C=O) groups excluding carboxylic acids is 1. The van der Waals surface area contributed by atoms with Crippen LogP contribution in [0.4, 0.5) is 0 Å². The van der Waals surface area contributed by atoms with Gasteiger partial charge in [0.2, 0.25) is 0 Å². The van der Waals surface area contributed by atoms with E-state index in [2.05, 4.69) is 11.3 Å². The summed E-state index contributed by atoms with van der Waals surface area (Å²) in [6.45, 7) is 3.72. The molecule has 2 N–H and O–H groups in total. The van der Waals surface area contributed by atoms with E-state index in [-0.39, 0.29) is 5.91 Å². The van der Waals surface area contributed by atoms with Crippen LogP contribution in [-0.2, 0) is 4.79 Å². The normalized spacial score (nSPS) is 10.2. The topological polar surface area (TPSA) is 49.3 Å². The van der Waals surface area contributed by atoms with E-state index in [1.807, 2.05) is 0 Å². The molecule has 0 aromatic carbocycles. The lowest BCUT2D eigenvalue weighted by Gasteiger charge is -2.02.